The second-order valence-corrected chi connectivity index (χ2v) is 10.1. The third-order valence-electron chi connectivity index (χ3n) is 6.54. The van der Waals surface area contributed by atoms with E-state index < -0.39 is 6.04 Å². The maximum Gasteiger partial charge on any atom is 0.250 e. The largest absolute Gasteiger partial charge is 0.327 e. The Morgan fingerprint density at radius 1 is 0.914 bits per heavy atom. The zero-order valence-corrected chi connectivity index (χ0v) is 21.6. The van der Waals surface area contributed by atoms with Crippen LogP contribution < -0.4 is 15.1 Å². The predicted molar refractivity (Wildman–Crippen MR) is 145 cm³/mol. The molecule has 1 aliphatic heterocycles. The Morgan fingerprint density at radius 3 is 2.14 bits per heavy atom. The Balaban J connectivity index is 1.73. The van der Waals surface area contributed by atoms with Gasteiger partial charge in [0.1, 0.15) is 6.04 Å². The number of likely N-dealkylation sites (N-methyl/N-ethyl adjacent to an activating group) is 1. The molecule has 1 heterocycles. The molecule has 35 heavy (non-hydrogen) atoms. The molecule has 0 fully saturated rings. The number of nitrogens with one attached hydrogen (secondary N) is 1. The zero-order valence-electron chi connectivity index (χ0n) is 20.9. The fraction of sp³-hybridized carbons (Fsp3) is 0.310. The minimum absolute atomic E-state index is 0.00792. The summed E-state index contributed by atoms with van der Waals surface area (Å²) in [7, 11) is 1.74. The van der Waals surface area contributed by atoms with Crippen molar-refractivity contribution in [3.05, 3.63) is 82.9 Å². The van der Waals surface area contributed by atoms with Crippen molar-refractivity contribution in [3.63, 3.8) is 0 Å². The molecule has 0 saturated heterocycles. The minimum Gasteiger partial charge on any atom is -0.327 e. The van der Waals surface area contributed by atoms with E-state index in [1.54, 1.807) is 18.0 Å². The monoisotopic (exact) mass is 489 g/mol. The van der Waals surface area contributed by atoms with Crippen LogP contribution >= 0.6 is 11.6 Å². The van der Waals surface area contributed by atoms with Gasteiger partial charge >= 0.3 is 0 Å². The first-order valence-electron chi connectivity index (χ1n) is 12.0. The van der Waals surface area contributed by atoms with Gasteiger partial charge < -0.3 is 15.1 Å². The third kappa shape index (κ3) is 4.92. The highest BCUT2D eigenvalue weighted by atomic mass is 35.5. The van der Waals surface area contributed by atoms with Gasteiger partial charge in [0, 0.05) is 23.4 Å². The molecule has 0 spiro atoms. The maximum atomic E-state index is 13.6. The lowest BCUT2D eigenvalue weighted by molar-refractivity contribution is -0.123. The van der Waals surface area contributed by atoms with Crippen LogP contribution in [-0.2, 0) is 9.59 Å². The lowest BCUT2D eigenvalue weighted by Gasteiger charge is -2.41. The number of rotatable bonds is 6. The van der Waals surface area contributed by atoms with E-state index in [9.17, 15) is 9.59 Å². The first-order chi connectivity index (χ1) is 16.7. The van der Waals surface area contributed by atoms with Gasteiger partial charge in [-0.25, -0.2) is 0 Å². The van der Waals surface area contributed by atoms with E-state index in [2.05, 4.69) is 45.1 Å². The number of nitrogens with zero attached hydrogens (tertiary/aromatic N) is 2. The zero-order chi connectivity index (χ0) is 25.3. The third-order valence-corrected chi connectivity index (χ3v) is 6.77. The van der Waals surface area contributed by atoms with E-state index in [0.717, 1.165) is 33.9 Å². The number of amides is 2. The lowest BCUT2D eigenvalue weighted by atomic mass is 9.92. The quantitative estimate of drug-likeness (QED) is 0.401. The van der Waals surface area contributed by atoms with E-state index >= 15 is 0 Å². The van der Waals surface area contributed by atoms with Gasteiger partial charge in [0.2, 0.25) is 11.8 Å². The van der Waals surface area contributed by atoms with Crippen molar-refractivity contribution in [3.8, 4) is 0 Å². The molecule has 1 unspecified atom stereocenters. The molecule has 1 N–H and O–H groups in total. The molecule has 1 aliphatic rings. The van der Waals surface area contributed by atoms with Crippen LogP contribution in [0.2, 0.25) is 5.02 Å². The first kappa shape index (κ1) is 24.8. The van der Waals surface area contributed by atoms with Crippen molar-refractivity contribution < 1.29 is 9.59 Å². The highest BCUT2D eigenvalue weighted by Gasteiger charge is 2.39. The average molecular weight is 490 g/mol. The van der Waals surface area contributed by atoms with Crippen molar-refractivity contribution in [1.29, 1.82) is 0 Å². The molecule has 0 bridgehead atoms. The highest BCUT2D eigenvalue weighted by molar-refractivity contribution is 6.31. The van der Waals surface area contributed by atoms with E-state index in [4.69, 9.17) is 11.6 Å². The summed E-state index contributed by atoms with van der Waals surface area (Å²) < 4.78 is 0. The number of fused-ring (bicyclic) bond motifs is 1. The summed E-state index contributed by atoms with van der Waals surface area (Å²) in [4.78, 5) is 30.6. The van der Waals surface area contributed by atoms with Gasteiger partial charge in [-0.05, 0) is 53.3 Å². The molecule has 2 amide bonds. The molecule has 1 atom stereocenters. The number of carbonyl (C=O) groups excluding carboxylic acids is 2. The Kier molecular flexibility index (Phi) is 7.18. The average Bonchev–Trinajstić information content (AvgIpc) is 2.82. The molecule has 0 radical (unpaired) electrons. The summed E-state index contributed by atoms with van der Waals surface area (Å²) in [6.07, 6.45) is 0.00792. The van der Waals surface area contributed by atoms with E-state index in [-0.39, 0.29) is 30.1 Å². The van der Waals surface area contributed by atoms with E-state index in [1.807, 2.05) is 53.4 Å². The minimum atomic E-state index is -0.706. The maximum absolute atomic E-state index is 13.6. The molecule has 3 aromatic rings. The Hall–Kier alpha value is -3.31. The Labute approximate surface area is 212 Å². The first-order valence-corrected chi connectivity index (χ1v) is 12.4. The molecule has 0 aromatic heterocycles. The van der Waals surface area contributed by atoms with Crippen LogP contribution in [0.25, 0.3) is 0 Å². The molecule has 0 saturated carbocycles. The van der Waals surface area contributed by atoms with Gasteiger partial charge in [0.25, 0.3) is 0 Å². The van der Waals surface area contributed by atoms with Crippen molar-refractivity contribution in [1.82, 2.24) is 0 Å². The molecule has 3 aromatic carbocycles. The molecule has 182 valence electrons. The van der Waals surface area contributed by atoms with Crippen LogP contribution in [0.3, 0.4) is 0 Å². The molecular formula is C29H32ClN3O2. The fourth-order valence-corrected chi connectivity index (χ4v) is 4.91. The number of hydrogen-bond acceptors (Lipinski definition) is 3. The highest BCUT2D eigenvalue weighted by Crippen LogP contribution is 2.42. The second kappa shape index (κ2) is 10.1. The van der Waals surface area contributed by atoms with Crippen molar-refractivity contribution >= 4 is 46.2 Å². The Bertz CT molecular complexity index is 1210. The summed E-state index contributed by atoms with van der Waals surface area (Å²) >= 11 is 6.36. The van der Waals surface area contributed by atoms with E-state index in [1.165, 1.54) is 0 Å². The van der Waals surface area contributed by atoms with Crippen LogP contribution in [-0.4, -0.2) is 24.9 Å². The summed E-state index contributed by atoms with van der Waals surface area (Å²) in [6.45, 7) is 8.47. The van der Waals surface area contributed by atoms with E-state index in [0.29, 0.717) is 5.02 Å². The van der Waals surface area contributed by atoms with Gasteiger partial charge in [-0.3, -0.25) is 9.59 Å². The van der Waals surface area contributed by atoms with Crippen molar-refractivity contribution in [2.75, 3.05) is 22.2 Å². The second-order valence-electron chi connectivity index (χ2n) is 9.62. The molecular weight excluding hydrogens is 458 g/mol. The lowest BCUT2D eigenvalue weighted by Crippen LogP contribution is -2.51. The fourth-order valence-electron chi connectivity index (χ4n) is 4.74. The summed E-state index contributed by atoms with van der Waals surface area (Å²) in [5.41, 5.74) is 5.43. The predicted octanol–water partition coefficient (Wildman–Crippen LogP) is 7.10. The SMILES string of the molecule is CC(C)c1cccc(C(C)C)c1NC(=O)CC1C(=O)N(C)c2ccc(Cl)cc2N1c1ccccc1. The summed E-state index contributed by atoms with van der Waals surface area (Å²) in [6, 6.07) is 20.6. The van der Waals surface area contributed by atoms with Crippen molar-refractivity contribution in [2.24, 2.45) is 0 Å². The molecule has 5 nitrogen and oxygen atoms in total. The Morgan fingerprint density at radius 2 is 1.54 bits per heavy atom. The molecule has 0 aliphatic carbocycles. The normalized spacial score (nSPS) is 15.5. The smallest absolute Gasteiger partial charge is 0.250 e. The number of para-hydroxylation sites is 2. The molecule has 6 heteroatoms. The number of hydrogen-bond donors (Lipinski definition) is 1. The van der Waals surface area contributed by atoms with Crippen LogP contribution in [0, 0.1) is 0 Å². The number of carbonyl (C=O) groups is 2. The van der Waals surface area contributed by atoms with Crippen LogP contribution in [0.4, 0.5) is 22.7 Å². The number of benzene rings is 3. The van der Waals surface area contributed by atoms with Crippen LogP contribution in [0.15, 0.2) is 66.7 Å². The number of halogens is 1. The molecule has 4 rings (SSSR count). The standard InChI is InChI=1S/C29H32ClN3O2/c1-18(2)22-12-9-13-23(19(3)4)28(22)31-27(34)17-26-29(35)32(5)24-15-14-20(30)16-25(24)33(26)21-10-7-6-8-11-21/h6-16,18-19,26H,17H2,1-5H3,(H,31,34). The van der Waals surface area contributed by atoms with Gasteiger partial charge in [-0.15, -0.1) is 0 Å². The number of anilines is 4. The van der Waals surface area contributed by atoms with Crippen LogP contribution in [0.1, 0.15) is 57.1 Å². The van der Waals surface area contributed by atoms with Gasteiger partial charge in [0.15, 0.2) is 0 Å². The van der Waals surface area contributed by atoms with Gasteiger partial charge in [-0.1, -0.05) is 75.7 Å². The summed E-state index contributed by atoms with van der Waals surface area (Å²) in [5, 5.41) is 3.74. The topological polar surface area (TPSA) is 52.7 Å². The van der Waals surface area contributed by atoms with Gasteiger partial charge in [-0.2, -0.15) is 0 Å². The summed E-state index contributed by atoms with van der Waals surface area (Å²) in [5.74, 6) is 0.167. The van der Waals surface area contributed by atoms with Gasteiger partial charge in [0.05, 0.1) is 17.8 Å². The van der Waals surface area contributed by atoms with Crippen LogP contribution in [0.5, 0.6) is 0 Å². The van der Waals surface area contributed by atoms with Crippen molar-refractivity contribution in [2.45, 2.75) is 52.0 Å².